The molecule has 2 rings (SSSR count). The maximum absolute atomic E-state index is 12.1. The first-order valence-corrected chi connectivity index (χ1v) is 8.45. The number of carbonyl (C=O) groups excluding carboxylic acids is 1. The minimum absolute atomic E-state index is 0.283. The fourth-order valence-electron chi connectivity index (χ4n) is 3.04. The Bertz CT molecular complexity index is 477. The van der Waals surface area contributed by atoms with Crippen LogP contribution in [0, 0.1) is 6.92 Å². The summed E-state index contributed by atoms with van der Waals surface area (Å²) in [6, 6.07) is 8.70. The number of rotatable bonds is 6. The molecule has 1 saturated heterocycles. The highest BCUT2D eigenvalue weighted by Crippen LogP contribution is 2.17. The third-order valence-corrected chi connectivity index (χ3v) is 4.50. The van der Waals surface area contributed by atoms with Gasteiger partial charge < -0.3 is 9.80 Å². The van der Waals surface area contributed by atoms with E-state index in [2.05, 4.69) is 41.0 Å². The van der Waals surface area contributed by atoms with Crippen molar-refractivity contribution >= 4 is 11.6 Å². The Morgan fingerprint density at radius 3 is 2.41 bits per heavy atom. The molecule has 1 aliphatic rings. The molecule has 1 aromatic carbocycles. The minimum Gasteiger partial charge on any atom is -0.369 e. The predicted molar refractivity (Wildman–Crippen MR) is 92.4 cm³/mol. The molecular weight excluding hydrogens is 274 g/mol. The summed E-state index contributed by atoms with van der Waals surface area (Å²) >= 11 is 0. The van der Waals surface area contributed by atoms with Gasteiger partial charge in [-0.3, -0.25) is 9.69 Å². The molecule has 0 aliphatic carbocycles. The van der Waals surface area contributed by atoms with Crippen LogP contribution in [-0.4, -0.2) is 61.5 Å². The van der Waals surface area contributed by atoms with Crippen molar-refractivity contribution < 1.29 is 4.79 Å². The first kappa shape index (κ1) is 16.8. The van der Waals surface area contributed by atoms with E-state index in [1.807, 2.05) is 18.7 Å². The van der Waals surface area contributed by atoms with Gasteiger partial charge in [0.05, 0.1) is 0 Å². The summed E-state index contributed by atoms with van der Waals surface area (Å²) in [5.74, 6) is 0.283. The van der Waals surface area contributed by atoms with Crippen LogP contribution in [0.5, 0.6) is 0 Å². The Labute approximate surface area is 134 Å². The van der Waals surface area contributed by atoms with Gasteiger partial charge in [0.25, 0.3) is 0 Å². The molecule has 0 N–H and O–H groups in total. The van der Waals surface area contributed by atoms with E-state index in [4.69, 9.17) is 0 Å². The molecule has 22 heavy (non-hydrogen) atoms. The van der Waals surface area contributed by atoms with E-state index in [-0.39, 0.29) is 5.91 Å². The number of piperazine rings is 1. The van der Waals surface area contributed by atoms with E-state index < -0.39 is 0 Å². The van der Waals surface area contributed by atoms with Crippen molar-refractivity contribution in [2.45, 2.75) is 27.2 Å². The zero-order valence-electron chi connectivity index (χ0n) is 14.2. The summed E-state index contributed by atoms with van der Waals surface area (Å²) in [6.07, 6.45) is 0.645. The fourth-order valence-corrected chi connectivity index (χ4v) is 3.04. The molecule has 0 unspecified atom stereocenters. The Morgan fingerprint density at radius 2 is 1.82 bits per heavy atom. The number of amides is 1. The number of carbonyl (C=O) groups is 1. The summed E-state index contributed by atoms with van der Waals surface area (Å²) in [4.78, 5) is 18.8. The molecule has 1 aromatic rings. The smallest absolute Gasteiger partial charge is 0.223 e. The van der Waals surface area contributed by atoms with Gasteiger partial charge in [-0.25, -0.2) is 0 Å². The minimum atomic E-state index is 0.283. The van der Waals surface area contributed by atoms with E-state index in [0.717, 1.165) is 45.8 Å². The number of benzene rings is 1. The van der Waals surface area contributed by atoms with Gasteiger partial charge in [0.15, 0.2) is 0 Å². The number of nitrogens with zero attached hydrogens (tertiary/aromatic N) is 3. The average Bonchev–Trinajstić information content (AvgIpc) is 2.54. The molecule has 1 heterocycles. The highest BCUT2D eigenvalue weighted by molar-refractivity contribution is 5.76. The topological polar surface area (TPSA) is 26.8 Å². The Balaban J connectivity index is 1.77. The summed E-state index contributed by atoms with van der Waals surface area (Å²) in [7, 11) is 0. The van der Waals surface area contributed by atoms with E-state index in [1.165, 1.54) is 11.3 Å². The summed E-state index contributed by atoms with van der Waals surface area (Å²) in [5.41, 5.74) is 2.63. The van der Waals surface area contributed by atoms with Gasteiger partial charge in [-0.05, 0) is 38.5 Å². The molecule has 0 radical (unpaired) electrons. The van der Waals surface area contributed by atoms with Crippen LogP contribution in [0.3, 0.4) is 0 Å². The monoisotopic (exact) mass is 303 g/mol. The Kier molecular flexibility index (Phi) is 6.25. The van der Waals surface area contributed by atoms with Gasteiger partial charge >= 0.3 is 0 Å². The lowest BCUT2D eigenvalue weighted by atomic mass is 10.2. The van der Waals surface area contributed by atoms with Gasteiger partial charge in [-0.15, -0.1) is 0 Å². The van der Waals surface area contributed by atoms with Crippen molar-refractivity contribution in [1.29, 1.82) is 0 Å². The molecule has 4 heteroatoms. The standard InChI is InChI=1S/C18H29N3O/c1-4-20(5-2)18(22)9-10-19-11-13-21(14-12-19)17-8-6-7-16(3)15-17/h6-8,15H,4-5,9-14H2,1-3H3. The van der Waals surface area contributed by atoms with Crippen molar-refractivity contribution in [1.82, 2.24) is 9.80 Å². The van der Waals surface area contributed by atoms with Gasteiger partial charge in [-0.1, -0.05) is 12.1 Å². The lowest BCUT2D eigenvalue weighted by molar-refractivity contribution is -0.131. The first-order chi connectivity index (χ1) is 10.6. The average molecular weight is 303 g/mol. The third kappa shape index (κ3) is 4.47. The lowest BCUT2D eigenvalue weighted by Gasteiger charge is -2.36. The fraction of sp³-hybridized carbons (Fsp3) is 0.611. The summed E-state index contributed by atoms with van der Waals surface area (Å²) < 4.78 is 0. The van der Waals surface area contributed by atoms with E-state index in [1.54, 1.807) is 0 Å². The zero-order chi connectivity index (χ0) is 15.9. The van der Waals surface area contributed by atoms with Gasteiger partial charge in [0.2, 0.25) is 5.91 Å². The quantitative estimate of drug-likeness (QED) is 0.807. The van der Waals surface area contributed by atoms with Crippen molar-refractivity contribution in [3.8, 4) is 0 Å². The van der Waals surface area contributed by atoms with Crippen LogP contribution in [0.25, 0.3) is 0 Å². The van der Waals surface area contributed by atoms with Crippen LogP contribution in [0.15, 0.2) is 24.3 Å². The normalized spacial score (nSPS) is 15.9. The largest absolute Gasteiger partial charge is 0.369 e. The predicted octanol–water partition coefficient (Wildman–Crippen LogP) is 2.38. The molecule has 1 amide bonds. The van der Waals surface area contributed by atoms with Gasteiger partial charge in [0.1, 0.15) is 0 Å². The number of aryl methyl sites for hydroxylation is 1. The number of anilines is 1. The molecule has 4 nitrogen and oxygen atoms in total. The second kappa shape index (κ2) is 8.18. The Hall–Kier alpha value is -1.55. The second-order valence-electron chi connectivity index (χ2n) is 5.98. The van der Waals surface area contributed by atoms with Crippen LogP contribution in [0.4, 0.5) is 5.69 Å². The summed E-state index contributed by atoms with van der Waals surface area (Å²) in [5, 5.41) is 0. The van der Waals surface area contributed by atoms with Crippen LogP contribution in [0.1, 0.15) is 25.8 Å². The SMILES string of the molecule is CCN(CC)C(=O)CCN1CCN(c2cccc(C)c2)CC1. The van der Waals surface area contributed by atoms with Gasteiger partial charge in [0, 0.05) is 57.9 Å². The Morgan fingerprint density at radius 1 is 1.14 bits per heavy atom. The maximum atomic E-state index is 12.1. The van der Waals surface area contributed by atoms with E-state index >= 15 is 0 Å². The third-order valence-electron chi connectivity index (χ3n) is 4.50. The number of hydrogen-bond acceptors (Lipinski definition) is 3. The molecule has 0 aromatic heterocycles. The van der Waals surface area contributed by atoms with Gasteiger partial charge in [-0.2, -0.15) is 0 Å². The van der Waals surface area contributed by atoms with Crippen LogP contribution in [0.2, 0.25) is 0 Å². The molecule has 1 fully saturated rings. The summed E-state index contributed by atoms with van der Waals surface area (Å²) in [6.45, 7) is 12.9. The second-order valence-corrected chi connectivity index (χ2v) is 5.98. The lowest BCUT2D eigenvalue weighted by Crippen LogP contribution is -2.47. The molecular formula is C18H29N3O. The van der Waals surface area contributed by atoms with Crippen LogP contribution >= 0.6 is 0 Å². The molecule has 0 spiro atoms. The highest BCUT2D eigenvalue weighted by Gasteiger charge is 2.18. The van der Waals surface area contributed by atoms with Crippen molar-refractivity contribution in [2.24, 2.45) is 0 Å². The number of hydrogen-bond donors (Lipinski definition) is 0. The molecule has 0 saturated carbocycles. The molecule has 0 bridgehead atoms. The zero-order valence-corrected chi connectivity index (χ0v) is 14.2. The van der Waals surface area contributed by atoms with Crippen molar-refractivity contribution in [3.05, 3.63) is 29.8 Å². The molecule has 1 aliphatic heterocycles. The van der Waals surface area contributed by atoms with Crippen LogP contribution < -0.4 is 4.90 Å². The highest BCUT2D eigenvalue weighted by atomic mass is 16.2. The van der Waals surface area contributed by atoms with E-state index in [9.17, 15) is 4.79 Å². The van der Waals surface area contributed by atoms with Crippen LogP contribution in [-0.2, 0) is 4.79 Å². The maximum Gasteiger partial charge on any atom is 0.223 e. The first-order valence-electron chi connectivity index (χ1n) is 8.45. The molecule has 0 atom stereocenters. The van der Waals surface area contributed by atoms with Crippen molar-refractivity contribution in [3.63, 3.8) is 0 Å². The van der Waals surface area contributed by atoms with Crippen molar-refractivity contribution in [2.75, 3.05) is 50.7 Å². The molecule has 122 valence electrons. The van der Waals surface area contributed by atoms with E-state index in [0.29, 0.717) is 6.42 Å².